The molecule has 0 aliphatic carbocycles. The molecule has 0 aromatic carbocycles. The summed E-state index contributed by atoms with van der Waals surface area (Å²) < 4.78 is 33.6. The number of Topliss-reactive ketones (excluding diaryl/α,β-unsaturated/α-hetero) is 1. The third-order valence-corrected chi connectivity index (χ3v) is 14.8. The summed E-state index contributed by atoms with van der Waals surface area (Å²) in [6, 6.07) is 0. The van der Waals surface area contributed by atoms with Gasteiger partial charge < -0.3 is 48.9 Å². The quantitative estimate of drug-likeness (QED) is 0.196. The number of carbonyl (C=O) groups is 2. The molecule has 0 saturated carbocycles. The summed E-state index contributed by atoms with van der Waals surface area (Å²) in [4.78, 5) is 26.4. The number of ketones is 1. The van der Waals surface area contributed by atoms with E-state index in [4.69, 9.17) is 23.7 Å². The number of carboxylic acids is 1. The van der Waals surface area contributed by atoms with Crippen molar-refractivity contribution >= 4 is 11.8 Å². The van der Waals surface area contributed by atoms with Gasteiger partial charge in [-0.2, -0.15) is 0 Å². The second-order valence-corrected chi connectivity index (χ2v) is 18.5. The van der Waals surface area contributed by atoms with Crippen LogP contribution in [0.5, 0.6) is 0 Å². The standard InChI is InChI=1S/C43H72O11.Na/c1-12-30(35(46)27(8)34(45)28(9)36-23(4)21-24(5)37(51-36)31(13-2)39(47)48)38-25(6)22-26(7)42(52-38)18-15-32(44)43(54-42)20-19-40(11,53-43)33-16-17-41(49,14-3)29(10)50-33;/h15,18,23-34,36-38,44-45,49H,12-14,16-17,19-22H2,1-11H3,(H,47,48);/q;+1/p-1/t23-,24-,25-,26+,27-,28-,29-,30-,31+,32+,33+,34+,36+,37+,38-,40-,41+,42-,43-;/m0./s1. The van der Waals surface area contributed by atoms with Gasteiger partial charge in [0.15, 0.2) is 5.79 Å². The van der Waals surface area contributed by atoms with Crippen LogP contribution in [0.1, 0.15) is 134 Å². The number of rotatable bonds is 12. The molecule has 5 aliphatic rings. The maximum Gasteiger partial charge on any atom is 1.00 e. The van der Waals surface area contributed by atoms with Gasteiger partial charge in [0.1, 0.15) is 11.9 Å². The molecule has 11 nitrogen and oxygen atoms in total. The third kappa shape index (κ3) is 8.89. The van der Waals surface area contributed by atoms with Gasteiger partial charge in [-0.05, 0) is 95.1 Å². The Morgan fingerprint density at radius 2 is 1.49 bits per heavy atom. The Morgan fingerprint density at radius 3 is 2.07 bits per heavy atom. The van der Waals surface area contributed by atoms with Gasteiger partial charge in [-0.15, -0.1) is 0 Å². The van der Waals surface area contributed by atoms with E-state index in [-0.39, 0.29) is 71.2 Å². The number of aliphatic hydroxyl groups excluding tert-OH is 2. The van der Waals surface area contributed by atoms with Crippen molar-refractivity contribution in [1.29, 1.82) is 0 Å². The predicted molar refractivity (Wildman–Crippen MR) is 201 cm³/mol. The fourth-order valence-corrected chi connectivity index (χ4v) is 10.9. The fraction of sp³-hybridized carbons (Fsp3) is 0.907. The predicted octanol–water partition coefficient (Wildman–Crippen LogP) is 2.10. The van der Waals surface area contributed by atoms with Gasteiger partial charge in [-0.3, -0.25) is 4.79 Å². The first-order valence-corrected chi connectivity index (χ1v) is 21.1. The van der Waals surface area contributed by atoms with Gasteiger partial charge in [-0.1, -0.05) is 62.3 Å². The molecule has 0 aromatic rings. The molecule has 4 fully saturated rings. The Balaban J connectivity index is 0.00000673. The maximum atomic E-state index is 14.5. The van der Waals surface area contributed by atoms with Crippen molar-refractivity contribution in [1.82, 2.24) is 0 Å². The van der Waals surface area contributed by atoms with Crippen molar-refractivity contribution in [3.63, 3.8) is 0 Å². The molecule has 5 heterocycles. The Morgan fingerprint density at radius 1 is 0.873 bits per heavy atom. The molecular weight excluding hydrogens is 715 g/mol. The van der Waals surface area contributed by atoms with Crippen molar-refractivity contribution < 1.29 is 83.3 Å². The molecule has 0 unspecified atom stereocenters. The van der Waals surface area contributed by atoms with E-state index in [2.05, 4.69) is 20.8 Å². The molecule has 55 heavy (non-hydrogen) atoms. The Kier molecular flexibility index (Phi) is 15.5. The first-order valence-electron chi connectivity index (χ1n) is 21.1. The van der Waals surface area contributed by atoms with Crippen LogP contribution >= 0.6 is 0 Å². The largest absolute Gasteiger partial charge is 1.00 e. The van der Waals surface area contributed by atoms with Crippen LogP contribution in [0, 0.1) is 47.3 Å². The topological polar surface area (TPSA) is 164 Å². The van der Waals surface area contributed by atoms with E-state index in [1.165, 1.54) is 0 Å². The van der Waals surface area contributed by atoms with Gasteiger partial charge in [0.25, 0.3) is 0 Å². The van der Waals surface area contributed by atoms with Gasteiger partial charge in [0, 0.05) is 42.0 Å². The maximum absolute atomic E-state index is 14.5. The van der Waals surface area contributed by atoms with Crippen molar-refractivity contribution in [3.8, 4) is 0 Å². The third-order valence-electron chi connectivity index (χ3n) is 14.8. The molecule has 3 N–H and O–H groups in total. The SMILES string of the molecule is CC[C@@H](C(=O)[O-])[C@@H]1O[C@@H]([C@@H](C)[C@H](O)[C@H](C)C(=O)[C@H](CC)[C@H]2O[C@]3(C=C[C@@H](O)[C@]4(CC[C@@](C)([C@H]5CC[C@](O)(CC)[C@H](C)O5)O4)O3)[C@H](C)C[C@@H]2C)[C@@H](C)C[C@@H]1C.[Na+]. The van der Waals surface area contributed by atoms with Gasteiger partial charge in [0.2, 0.25) is 5.79 Å². The summed E-state index contributed by atoms with van der Waals surface area (Å²) in [6.45, 7) is 21.5. The second-order valence-electron chi connectivity index (χ2n) is 18.5. The molecule has 0 radical (unpaired) electrons. The zero-order chi connectivity index (χ0) is 40.1. The first kappa shape index (κ1) is 47.2. The minimum atomic E-state index is -1.38. The summed E-state index contributed by atoms with van der Waals surface area (Å²) in [6.07, 6.45) is 4.51. The Labute approximate surface area is 352 Å². The first-order chi connectivity index (χ1) is 25.2. The minimum absolute atomic E-state index is 0. The van der Waals surface area contributed by atoms with Crippen molar-refractivity contribution in [2.45, 2.75) is 199 Å². The van der Waals surface area contributed by atoms with Gasteiger partial charge >= 0.3 is 29.6 Å². The van der Waals surface area contributed by atoms with Crippen LogP contribution in [0.2, 0.25) is 0 Å². The number of ether oxygens (including phenoxy) is 5. The van der Waals surface area contributed by atoms with Crippen LogP contribution < -0.4 is 34.7 Å². The van der Waals surface area contributed by atoms with E-state index in [9.17, 15) is 30.0 Å². The van der Waals surface area contributed by atoms with Crippen LogP contribution in [-0.2, 0) is 33.3 Å². The number of aliphatic carboxylic acids is 1. The average molecular weight is 787 g/mol. The van der Waals surface area contributed by atoms with E-state index in [1.54, 1.807) is 19.1 Å². The molecule has 2 spiro atoms. The summed E-state index contributed by atoms with van der Waals surface area (Å²) >= 11 is 0. The molecule has 4 saturated heterocycles. The molecule has 0 aromatic heterocycles. The zero-order valence-electron chi connectivity index (χ0n) is 35.8. The zero-order valence-corrected chi connectivity index (χ0v) is 37.8. The molecule has 5 rings (SSSR count). The Hall–Kier alpha value is -0.440. The van der Waals surface area contributed by atoms with E-state index >= 15 is 0 Å². The van der Waals surface area contributed by atoms with Crippen LogP contribution in [0.15, 0.2) is 12.2 Å². The fourth-order valence-electron chi connectivity index (χ4n) is 10.9. The Bertz CT molecular complexity index is 1360. The summed E-state index contributed by atoms with van der Waals surface area (Å²) in [5, 5.41) is 46.2. The van der Waals surface area contributed by atoms with E-state index in [0.29, 0.717) is 51.4 Å². The molecular formula is C43H71NaO11. The van der Waals surface area contributed by atoms with Crippen molar-refractivity contribution in [3.05, 3.63) is 12.2 Å². The monoisotopic (exact) mass is 786 g/mol. The van der Waals surface area contributed by atoms with Crippen LogP contribution in [-0.4, -0.2) is 92.6 Å². The smallest absolute Gasteiger partial charge is 0.550 e. The van der Waals surface area contributed by atoms with Gasteiger partial charge in [-0.25, -0.2) is 0 Å². The van der Waals surface area contributed by atoms with E-state index in [0.717, 1.165) is 6.42 Å². The molecule has 12 heteroatoms. The van der Waals surface area contributed by atoms with Gasteiger partial charge in [0.05, 0.1) is 47.8 Å². The molecule has 310 valence electrons. The number of hydrogen-bond donors (Lipinski definition) is 3. The van der Waals surface area contributed by atoms with Crippen LogP contribution in [0.4, 0.5) is 0 Å². The minimum Gasteiger partial charge on any atom is -0.550 e. The number of aliphatic hydroxyl groups is 3. The molecule has 19 atom stereocenters. The number of carbonyl (C=O) groups excluding carboxylic acids is 2. The van der Waals surface area contributed by atoms with E-state index < -0.39 is 82.9 Å². The average Bonchev–Trinajstić information content (AvgIpc) is 3.47. The molecule has 0 bridgehead atoms. The summed E-state index contributed by atoms with van der Waals surface area (Å²) in [5.74, 6) is -6.29. The summed E-state index contributed by atoms with van der Waals surface area (Å²) in [7, 11) is 0. The molecule has 5 aliphatic heterocycles. The van der Waals surface area contributed by atoms with Crippen LogP contribution in [0.3, 0.4) is 0 Å². The van der Waals surface area contributed by atoms with E-state index in [1.807, 2.05) is 48.5 Å². The van der Waals surface area contributed by atoms with Crippen LogP contribution in [0.25, 0.3) is 0 Å². The number of carboxylic acid groups (broad SMARTS) is 1. The number of hydrogen-bond acceptors (Lipinski definition) is 11. The molecule has 0 amide bonds. The van der Waals surface area contributed by atoms with Crippen molar-refractivity contribution in [2.75, 3.05) is 0 Å². The second kappa shape index (κ2) is 18.0. The van der Waals surface area contributed by atoms with Crippen molar-refractivity contribution in [2.24, 2.45) is 47.3 Å². The summed E-state index contributed by atoms with van der Waals surface area (Å²) in [5.41, 5.74) is -1.64. The normalized spacial score (nSPS) is 46.1.